The lowest BCUT2D eigenvalue weighted by molar-refractivity contribution is -0.160. The zero-order valence-corrected chi connectivity index (χ0v) is 18.8. The number of methoxy groups -OCH3 is 1. The van der Waals surface area contributed by atoms with Crippen molar-refractivity contribution in [2.45, 2.75) is 24.9 Å². The number of amides is 2. The molecule has 2 amide bonds. The molecule has 0 unspecified atom stereocenters. The molecular formula is C27H27N3O3. The van der Waals surface area contributed by atoms with Gasteiger partial charge in [0, 0.05) is 32.0 Å². The summed E-state index contributed by atoms with van der Waals surface area (Å²) in [6.07, 6.45) is 3.19. The fraction of sp³-hybridized carbons (Fsp3) is 0.296. The Kier molecular flexibility index (Phi) is 5.68. The Balaban J connectivity index is 1.40. The van der Waals surface area contributed by atoms with Gasteiger partial charge in [0.05, 0.1) is 24.3 Å². The summed E-state index contributed by atoms with van der Waals surface area (Å²) in [6.45, 7) is 3.16. The van der Waals surface area contributed by atoms with Gasteiger partial charge >= 0.3 is 0 Å². The van der Waals surface area contributed by atoms with E-state index in [2.05, 4.69) is 60.4 Å². The van der Waals surface area contributed by atoms with Crippen LogP contribution in [0.1, 0.15) is 27.4 Å². The highest BCUT2D eigenvalue weighted by atomic mass is 16.5. The molecule has 5 rings (SSSR count). The third-order valence-corrected chi connectivity index (χ3v) is 6.75. The second kappa shape index (κ2) is 8.79. The zero-order chi connectivity index (χ0) is 22.9. The second-order valence-electron chi connectivity index (χ2n) is 8.84. The maximum Gasteiger partial charge on any atom is 0.255 e. The van der Waals surface area contributed by atoms with Crippen LogP contribution in [0, 0.1) is 6.92 Å². The molecule has 3 heterocycles. The Hall–Kier alpha value is -3.51. The Bertz CT molecular complexity index is 1160. The largest absolute Gasteiger partial charge is 0.383 e. The van der Waals surface area contributed by atoms with Crippen LogP contribution in [0.3, 0.4) is 0 Å². The van der Waals surface area contributed by atoms with Gasteiger partial charge in [-0.1, -0.05) is 54.1 Å². The first-order chi connectivity index (χ1) is 16.1. The number of piperazine rings is 1. The number of carbonyl (C=O) groups excluding carboxylic acids is 2. The fourth-order valence-electron chi connectivity index (χ4n) is 5.20. The summed E-state index contributed by atoms with van der Waals surface area (Å²) in [4.78, 5) is 33.6. The molecule has 1 aromatic heterocycles. The van der Waals surface area contributed by atoms with Crippen molar-refractivity contribution in [1.82, 2.24) is 14.8 Å². The number of rotatable bonds is 5. The van der Waals surface area contributed by atoms with E-state index < -0.39 is 0 Å². The topological polar surface area (TPSA) is 62.7 Å². The molecule has 3 aromatic rings. The predicted octanol–water partition coefficient (Wildman–Crippen LogP) is 3.52. The van der Waals surface area contributed by atoms with Crippen molar-refractivity contribution in [2.24, 2.45) is 0 Å². The molecular weight excluding hydrogens is 414 g/mol. The average Bonchev–Trinajstić information content (AvgIpc) is 2.83. The quantitative estimate of drug-likeness (QED) is 0.608. The molecule has 0 spiro atoms. The number of hydrogen-bond donors (Lipinski definition) is 0. The van der Waals surface area contributed by atoms with E-state index in [4.69, 9.17) is 4.74 Å². The molecule has 6 heteroatoms. The molecule has 2 aliphatic rings. The van der Waals surface area contributed by atoms with Crippen LogP contribution in [-0.2, 0) is 9.53 Å². The van der Waals surface area contributed by atoms with Crippen molar-refractivity contribution in [3.8, 4) is 11.1 Å². The molecule has 2 aromatic carbocycles. The Morgan fingerprint density at radius 2 is 1.91 bits per heavy atom. The van der Waals surface area contributed by atoms with Gasteiger partial charge < -0.3 is 14.5 Å². The third-order valence-electron chi connectivity index (χ3n) is 6.75. The van der Waals surface area contributed by atoms with Crippen LogP contribution in [-0.4, -0.2) is 65.5 Å². The van der Waals surface area contributed by atoms with Crippen LogP contribution in [0.2, 0.25) is 0 Å². The van der Waals surface area contributed by atoms with Crippen molar-refractivity contribution in [3.63, 3.8) is 0 Å². The molecule has 168 valence electrons. The van der Waals surface area contributed by atoms with Gasteiger partial charge in [0.25, 0.3) is 5.91 Å². The highest BCUT2D eigenvalue weighted by Gasteiger charge is 2.54. The molecule has 6 nitrogen and oxygen atoms in total. The van der Waals surface area contributed by atoms with Crippen LogP contribution in [0.4, 0.5) is 0 Å². The number of pyridine rings is 1. The minimum atomic E-state index is -0.153. The standard InChI is InChI=1S/C27H27N3O3/c1-18-5-3-6-21(13-18)19-8-10-20(11-9-19)26-23-15-29(27(32)22-7-4-12-28-14-22)16-25(31)30(23)24(26)17-33-2/h3-14,23-24,26H,15-17H2,1-2H3/t23-,24+,26-/m1/s1. The minimum absolute atomic E-state index is 0.0204. The first-order valence-electron chi connectivity index (χ1n) is 11.2. The van der Waals surface area contributed by atoms with Gasteiger partial charge in [-0.05, 0) is 35.7 Å². The highest BCUT2D eigenvalue weighted by Crippen LogP contribution is 2.43. The van der Waals surface area contributed by atoms with E-state index in [1.54, 1.807) is 36.5 Å². The lowest BCUT2D eigenvalue weighted by atomic mass is 9.73. The fourth-order valence-corrected chi connectivity index (χ4v) is 5.20. The van der Waals surface area contributed by atoms with Gasteiger partial charge in [0.1, 0.15) is 6.54 Å². The molecule has 2 aliphatic heterocycles. The summed E-state index contributed by atoms with van der Waals surface area (Å²) in [5.41, 5.74) is 5.25. The van der Waals surface area contributed by atoms with E-state index >= 15 is 0 Å². The first-order valence-corrected chi connectivity index (χ1v) is 11.2. The number of hydrogen-bond acceptors (Lipinski definition) is 4. The van der Waals surface area contributed by atoms with Crippen molar-refractivity contribution in [2.75, 3.05) is 26.8 Å². The number of aryl methyl sites for hydroxylation is 1. The Morgan fingerprint density at radius 3 is 2.61 bits per heavy atom. The van der Waals surface area contributed by atoms with Gasteiger partial charge in [0.2, 0.25) is 5.91 Å². The summed E-state index contributed by atoms with van der Waals surface area (Å²) in [5.74, 6) is -0.0667. The highest BCUT2D eigenvalue weighted by molar-refractivity contribution is 5.97. The van der Waals surface area contributed by atoms with Gasteiger partial charge in [0.15, 0.2) is 0 Å². The van der Waals surface area contributed by atoms with Crippen molar-refractivity contribution < 1.29 is 14.3 Å². The van der Waals surface area contributed by atoms with Gasteiger partial charge in [-0.15, -0.1) is 0 Å². The normalized spacial score (nSPS) is 22.0. The molecule has 3 atom stereocenters. The van der Waals surface area contributed by atoms with E-state index in [0.29, 0.717) is 18.7 Å². The van der Waals surface area contributed by atoms with Crippen LogP contribution in [0.5, 0.6) is 0 Å². The minimum Gasteiger partial charge on any atom is -0.383 e. The van der Waals surface area contributed by atoms with Gasteiger partial charge in [-0.2, -0.15) is 0 Å². The van der Waals surface area contributed by atoms with E-state index in [9.17, 15) is 9.59 Å². The Labute approximate surface area is 193 Å². The number of ether oxygens (including phenoxy) is 1. The molecule has 33 heavy (non-hydrogen) atoms. The van der Waals surface area contributed by atoms with Gasteiger partial charge in [-0.25, -0.2) is 0 Å². The molecule has 0 bridgehead atoms. The van der Waals surface area contributed by atoms with Crippen LogP contribution >= 0.6 is 0 Å². The second-order valence-corrected chi connectivity index (χ2v) is 8.84. The maximum atomic E-state index is 13.0. The summed E-state index contributed by atoms with van der Waals surface area (Å²) < 4.78 is 5.46. The summed E-state index contributed by atoms with van der Waals surface area (Å²) in [5, 5.41) is 0. The molecule has 2 saturated heterocycles. The SMILES string of the molecule is COC[C@H]1[C@H](c2ccc(-c3cccc(C)c3)cc2)[C@H]2CN(C(=O)c3cccnc3)CC(=O)N21. The number of nitrogens with zero attached hydrogens (tertiary/aromatic N) is 3. The van der Waals surface area contributed by atoms with Gasteiger partial charge in [-0.3, -0.25) is 14.6 Å². The lowest BCUT2D eigenvalue weighted by Crippen LogP contribution is -2.73. The zero-order valence-electron chi connectivity index (χ0n) is 18.8. The molecule has 2 fully saturated rings. The summed E-state index contributed by atoms with van der Waals surface area (Å²) in [6, 6.07) is 20.4. The number of aromatic nitrogens is 1. The number of benzene rings is 2. The molecule has 0 saturated carbocycles. The Morgan fingerprint density at radius 1 is 1.09 bits per heavy atom. The molecule has 0 N–H and O–H groups in total. The van der Waals surface area contributed by atoms with Crippen molar-refractivity contribution in [3.05, 3.63) is 89.7 Å². The van der Waals surface area contributed by atoms with Crippen LogP contribution < -0.4 is 0 Å². The van der Waals surface area contributed by atoms with Crippen LogP contribution in [0.25, 0.3) is 11.1 Å². The third kappa shape index (κ3) is 3.91. The predicted molar refractivity (Wildman–Crippen MR) is 126 cm³/mol. The van der Waals surface area contributed by atoms with E-state index in [0.717, 1.165) is 11.1 Å². The number of carbonyl (C=O) groups is 2. The average molecular weight is 442 g/mol. The van der Waals surface area contributed by atoms with E-state index in [1.165, 1.54) is 11.1 Å². The van der Waals surface area contributed by atoms with E-state index in [-0.39, 0.29) is 36.4 Å². The molecule has 0 radical (unpaired) electrons. The van der Waals surface area contributed by atoms with Crippen LogP contribution in [0.15, 0.2) is 73.1 Å². The lowest BCUT2D eigenvalue weighted by Gasteiger charge is -2.59. The maximum absolute atomic E-state index is 13.0. The monoisotopic (exact) mass is 441 g/mol. The summed E-state index contributed by atoms with van der Waals surface area (Å²) in [7, 11) is 1.66. The van der Waals surface area contributed by atoms with Crippen molar-refractivity contribution in [1.29, 1.82) is 0 Å². The van der Waals surface area contributed by atoms with Crippen molar-refractivity contribution >= 4 is 11.8 Å². The first kappa shape index (κ1) is 21.3. The van der Waals surface area contributed by atoms with E-state index in [1.807, 2.05) is 4.90 Å². The summed E-state index contributed by atoms with van der Waals surface area (Å²) >= 11 is 0. The smallest absolute Gasteiger partial charge is 0.255 e. The number of fused-ring (bicyclic) bond motifs is 1. The molecule has 0 aliphatic carbocycles.